The molecule has 0 aliphatic carbocycles. The van der Waals surface area contributed by atoms with Crippen molar-refractivity contribution in [3.05, 3.63) is 131 Å². The molecule has 4 aromatic rings. The third-order valence-electron chi connectivity index (χ3n) is 6.08. The topological polar surface area (TPSA) is 0 Å². The third-order valence-corrected chi connectivity index (χ3v) is 6.08. The zero-order chi connectivity index (χ0) is 23.0. The Morgan fingerprint density at radius 1 is 0.727 bits per heavy atom. The van der Waals surface area contributed by atoms with Crippen molar-refractivity contribution < 1.29 is 4.39 Å². The molecule has 0 unspecified atom stereocenters. The molecule has 0 N–H and O–H groups in total. The van der Waals surface area contributed by atoms with Gasteiger partial charge in [-0.2, -0.15) is 0 Å². The van der Waals surface area contributed by atoms with E-state index in [0.29, 0.717) is 10.9 Å². The van der Waals surface area contributed by atoms with Gasteiger partial charge in [-0.1, -0.05) is 85.5 Å². The first-order chi connectivity index (χ1) is 16.2. The second-order valence-corrected chi connectivity index (χ2v) is 8.43. The van der Waals surface area contributed by atoms with Crippen molar-refractivity contribution in [3.8, 4) is 11.8 Å². The van der Waals surface area contributed by atoms with E-state index >= 15 is 4.39 Å². The SMILES string of the molecule is C=CCCc1ccc2c(F)c(C#Cc3ccc(CCc4ccc(CC)cc4)cc3)ccc2c1. The van der Waals surface area contributed by atoms with Gasteiger partial charge in [-0.15, -0.1) is 6.58 Å². The molecule has 0 aliphatic heterocycles. The van der Waals surface area contributed by atoms with Crippen LogP contribution in [0.1, 0.15) is 46.7 Å². The molecule has 1 heteroatoms. The van der Waals surface area contributed by atoms with E-state index in [1.807, 2.05) is 36.4 Å². The van der Waals surface area contributed by atoms with E-state index in [1.54, 1.807) is 6.07 Å². The summed E-state index contributed by atoms with van der Waals surface area (Å²) in [5.41, 5.74) is 6.53. The van der Waals surface area contributed by atoms with Crippen LogP contribution in [0.25, 0.3) is 10.8 Å². The van der Waals surface area contributed by atoms with Crippen molar-refractivity contribution in [3.63, 3.8) is 0 Å². The Labute approximate surface area is 196 Å². The summed E-state index contributed by atoms with van der Waals surface area (Å²) in [5, 5.41) is 1.53. The maximum absolute atomic E-state index is 15.0. The van der Waals surface area contributed by atoms with Gasteiger partial charge in [0.05, 0.1) is 5.56 Å². The molecule has 164 valence electrons. The van der Waals surface area contributed by atoms with Gasteiger partial charge in [-0.25, -0.2) is 4.39 Å². The van der Waals surface area contributed by atoms with Crippen LogP contribution in [0.4, 0.5) is 4.39 Å². The zero-order valence-corrected chi connectivity index (χ0v) is 19.2. The Morgan fingerprint density at radius 3 is 2.03 bits per heavy atom. The Hall–Kier alpha value is -3.63. The van der Waals surface area contributed by atoms with Crippen LogP contribution in [0, 0.1) is 17.7 Å². The fraction of sp³-hybridized carbons (Fsp3) is 0.188. The number of aryl methyl sites for hydroxylation is 4. The molecule has 0 bridgehead atoms. The maximum Gasteiger partial charge on any atom is 0.146 e. The first-order valence-electron chi connectivity index (χ1n) is 11.7. The normalized spacial score (nSPS) is 10.6. The second-order valence-electron chi connectivity index (χ2n) is 8.43. The minimum Gasteiger partial charge on any atom is -0.205 e. The molecule has 0 atom stereocenters. The molecular formula is C32H29F. The van der Waals surface area contributed by atoms with E-state index < -0.39 is 0 Å². The maximum atomic E-state index is 15.0. The van der Waals surface area contributed by atoms with E-state index in [1.165, 1.54) is 22.3 Å². The van der Waals surface area contributed by atoms with Crippen LogP contribution in [-0.2, 0) is 25.7 Å². The van der Waals surface area contributed by atoms with Gasteiger partial charge < -0.3 is 0 Å². The summed E-state index contributed by atoms with van der Waals surface area (Å²) >= 11 is 0. The van der Waals surface area contributed by atoms with Crippen LogP contribution in [0.5, 0.6) is 0 Å². The summed E-state index contributed by atoms with van der Waals surface area (Å²) in [4.78, 5) is 0. The van der Waals surface area contributed by atoms with Gasteiger partial charge in [0.1, 0.15) is 5.82 Å². The number of fused-ring (bicyclic) bond motifs is 1. The molecule has 4 aromatic carbocycles. The molecule has 0 aromatic heterocycles. The number of rotatable bonds is 7. The van der Waals surface area contributed by atoms with E-state index in [2.05, 4.69) is 67.8 Å². The number of hydrogen-bond donors (Lipinski definition) is 0. The lowest BCUT2D eigenvalue weighted by atomic mass is 10.0. The van der Waals surface area contributed by atoms with Crippen LogP contribution >= 0.6 is 0 Å². The third kappa shape index (κ3) is 5.79. The highest BCUT2D eigenvalue weighted by Crippen LogP contribution is 2.23. The Morgan fingerprint density at radius 2 is 1.36 bits per heavy atom. The minimum absolute atomic E-state index is 0.249. The van der Waals surface area contributed by atoms with E-state index in [9.17, 15) is 0 Å². The molecule has 4 rings (SSSR count). The molecule has 0 fully saturated rings. The highest BCUT2D eigenvalue weighted by atomic mass is 19.1. The number of halogens is 1. The van der Waals surface area contributed by atoms with Crippen LogP contribution in [0.2, 0.25) is 0 Å². The molecule has 0 amide bonds. The monoisotopic (exact) mass is 432 g/mol. The smallest absolute Gasteiger partial charge is 0.146 e. The van der Waals surface area contributed by atoms with Gasteiger partial charge in [-0.3, -0.25) is 0 Å². The van der Waals surface area contributed by atoms with Crippen molar-refractivity contribution in [2.24, 2.45) is 0 Å². The number of hydrogen-bond acceptors (Lipinski definition) is 0. The van der Waals surface area contributed by atoms with Crippen molar-refractivity contribution in [2.45, 2.75) is 39.0 Å². The summed E-state index contributed by atoms with van der Waals surface area (Å²) in [6.45, 7) is 5.94. The van der Waals surface area contributed by atoms with E-state index in [4.69, 9.17) is 0 Å². The number of benzene rings is 4. The lowest BCUT2D eigenvalue weighted by Crippen LogP contribution is -1.92. The first-order valence-corrected chi connectivity index (χ1v) is 11.7. The quantitative estimate of drug-likeness (QED) is 0.206. The standard InChI is InChI=1S/C32H29F/c1-3-5-6-28-18-22-31-30(23-28)21-20-29(32(31)33)19-17-27-15-13-26(14-16-27)12-11-25-9-7-24(4-2)8-10-25/h3,7-10,13-16,18,20-23H,1,4-6,11-12H2,2H3. The van der Waals surface area contributed by atoms with Crippen LogP contribution in [0.3, 0.4) is 0 Å². The molecule has 33 heavy (non-hydrogen) atoms. The van der Waals surface area contributed by atoms with Crippen molar-refractivity contribution in [2.75, 3.05) is 0 Å². The summed E-state index contributed by atoms with van der Waals surface area (Å²) < 4.78 is 15.0. The van der Waals surface area contributed by atoms with Crippen molar-refractivity contribution >= 4 is 10.8 Å². The first kappa shape index (κ1) is 22.6. The van der Waals surface area contributed by atoms with E-state index in [0.717, 1.165) is 43.1 Å². The van der Waals surface area contributed by atoms with Gasteiger partial charge >= 0.3 is 0 Å². The zero-order valence-electron chi connectivity index (χ0n) is 19.2. The molecule has 0 radical (unpaired) electrons. The predicted molar refractivity (Wildman–Crippen MR) is 138 cm³/mol. The highest BCUT2D eigenvalue weighted by molar-refractivity contribution is 5.85. The molecule has 0 aliphatic rings. The van der Waals surface area contributed by atoms with Gasteiger partial charge in [0.25, 0.3) is 0 Å². The van der Waals surface area contributed by atoms with Crippen LogP contribution < -0.4 is 0 Å². The Bertz CT molecular complexity index is 1300. The number of allylic oxidation sites excluding steroid dienone is 1. The van der Waals surface area contributed by atoms with Gasteiger partial charge in [0, 0.05) is 10.9 Å². The molecule has 0 heterocycles. The predicted octanol–water partition coefficient (Wildman–Crippen LogP) is 7.84. The van der Waals surface area contributed by atoms with Crippen LogP contribution in [-0.4, -0.2) is 0 Å². The average molecular weight is 433 g/mol. The largest absolute Gasteiger partial charge is 0.205 e. The summed E-state index contributed by atoms with van der Waals surface area (Å²) in [6, 6.07) is 26.8. The molecule has 0 spiro atoms. The average Bonchev–Trinajstić information content (AvgIpc) is 2.86. The molecular weight excluding hydrogens is 403 g/mol. The van der Waals surface area contributed by atoms with Gasteiger partial charge in [0.2, 0.25) is 0 Å². The lowest BCUT2D eigenvalue weighted by molar-refractivity contribution is 0.636. The van der Waals surface area contributed by atoms with Crippen molar-refractivity contribution in [1.82, 2.24) is 0 Å². The van der Waals surface area contributed by atoms with Gasteiger partial charge in [-0.05, 0) is 77.9 Å². The summed E-state index contributed by atoms with van der Waals surface area (Å²) in [5.74, 6) is 5.89. The summed E-state index contributed by atoms with van der Waals surface area (Å²) in [7, 11) is 0. The fourth-order valence-corrected chi connectivity index (χ4v) is 3.99. The summed E-state index contributed by atoms with van der Waals surface area (Å²) in [6.07, 6.45) is 6.83. The van der Waals surface area contributed by atoms with E-state index in [-0.39, 0.29) is 5.82 Å². The van der Waals surface area contributed by atoms with Crippen LogP contribution in [0.15, 0.2) is 91.5 Å². The van der Waals surface area contributed by atoms with Gasteiger partial charge in [0.15, 0.2) is 0 Å². The second kappa shape index (κ2) is 10.8. The van der Waals surface area contributed by atoms with Crippen molar-refractivity contribution in [1.29, 1.82) is 0 Å². The Balaban J connectivity index is 1.43. The minimum atomic E-state index is -0.249. The molecule has 0 saturated heterocycles. The molecule has 0 nitrogen and oxygen atoms in total. The fourth-order valence-electron chi connectivity index (χ4n) is 3.99. The Kier molecular flexibility index (Phi) is 7.38. The highest BCUT2D eigenvalue weighted by Gasteiger charge is 2.06. The lowest BCUT2D eigenvalue weighted by Gasteiger charge is -2.05. The molecule has 0 saturated carbocycles.